The van der Waals surface area contributed by atoms with Gasteiger partial charge in [-0.1, -0.05) is 48.5 Å². The summed E-state index contributed by atoms with van der Waals surface area (Å²) in [6.45, 7) is 0.901. The average Bonchev–Trinajstić information content (AvgIpc) is 3.27. The van der Waals surface area contributed by atoms with Gasteiger partial charge in [0, 0.05) is 31.4 Å². The second-order valence-electron chi connectivity index (χ2n) is 6.25. The van der Waals surface area contributed by atoms with Crippen molar-refractivity contribution >= 4 is 16.9 Å². The Balaban J connectivity index is 1.66. The molecule has 0 N–H and O–H groups in total. The van der Waals surface area contributed by atoms with Crippen LogP contribution in [0.25, 0.3) is 11.0 Å². The molecule has 5 heteroatoms. The summed E-state index contributed by atoms with van der Waals surface area (Å²) in [5.74, 6) is 1.02. The molecule has 5 nitrogen and oxygen atoms in total. The standard InChI is InChI=1S/C21H19N3O2/c1-23-12-11-22-20(23)15-24(14-16-7-3-2-4-8-16)21(25)19-13-17-9-5-6-10-18(17)26-19/h2-13H,14-15H2,1H3. The van der Waals surface area contributed by atoms with Gasteiger partial charge in [0.25, 0.3) is 5.91 Å². The molecule has 0 unspecified atom stereocenters. The number of benzene rings is 2. The van der Waals surface area contributed by atoms with E-state index in [2.05, 4.69) is 4.98 Å². The van der Waals surface area contributed by atoms with E-state index < -0.39 is 0 Å². The Labute approximate surface area is 151 Å². The van der Waals surface area contributed by atoms with Crippen LogP contribution < -0.4 is 0 Å². The molecule has 0 saturated carbocycles. The van der Waals surface area contributed by atoms with E-state index in [4.69, 9.17) is 4.42 Å². The smallest absolute Gasteiger partial charge is 0.290 e. The Kier molecular flexibility index (Phi) is 4.27. The van der Waals surface area contributed by atoms with Crippen molar-refractivity contribution in [2.75, 3.05) is 0 Å². The first kappa shape index (κ1) is 16.1. The highest BCUT2D eigenvalue weighted by Crippen LogP contribution is 2.21. The molecule has 2 heterocycles. The number of nitrogens with zero attached hydrogens (tertiary/aromatic N) is 3. The lowest BCUT2D eigenvalue weighted by Crippen LogP contribution is -2.31. The van der Waals surface area contributed by atoms with Crippen LogP contribution in [0.2, 0.25) is 0 Å². The number of carbonyl (C=O) groups excluding carboxylic acids is 1. The van der Waals surface area contributed by atoms with Gasteiger partial charge >= 0.3 is 0 Å². The highest BCUT2D eigenvalue weighted by molar-refractivity contribution is 5.96. The first-order chi connectivity index (χ1) is 12.7. The molecule has 0 bridgehead atoms. The Morgan fingerprint density at radius 1 is 1.08 bits per heavy atom. The van der Waals surface area contributed by atoms with Gasteiger partial charge in [0.1, 0.15) is 11.4 Å². The summed E-state index contributed by atoms with van der Waals surface area (Å²) in [6.07, 6.45) is 3.61. The molecule has 1 amide bonds. The summed E-state index contributed by atoms with van der Waals surface area (Å²) >= 11 is 0. The van der Waals surface area contributed by atoms with Gasteiger partial charge in [0.15, 0.2) is 5.76 Å². The van der Waals surface area contributed by atoms with E-state index in [9.17, 15) is 4.79 Å². The zero-order valence-electron chi connectivity index (χ0n) is 14.5. The Morgan fingerprint density at radius 3 is 2.58 bits per heavy atom. The third-order valence-corrected chi connectivity index (χ3v) is 4.39. The van der Waals surface area contributed by atoms with E-state index in [0.29, 0.717) is 24.4 Å². The molecule has 0 spiro atoms. The number of aryl methyl sites for hydroxylation is 1. The maximum absolute atomic E-state index is 13.2. The topological polar surface area (TPSA) is 51.3 Å². The summed E-state index contributed by atoms with van der Waals surface area (Å²) < 4.78 is 7.70. The molecule has 4 aromatic rings. The molecule has 26 heavy (non-hydrogen) atoms. The predicted molar refractivity (Wildman–Crippen MR) is 99.4 cm³/mol. The fourth-order valence-electron chi connectivity index (χ4n) is 2.97. The van der Waals surface area contributed by atoms with Crippen LogP contribution in [-0.4, -0.2) is 20.4 Å². The molecule has 0 atom stereocenters. The van der Waals surface area contributed by atoms with Crippen molar-refractivity contribution < 1.29 is 9.21 Å². The minimum absolute atomic E-state index is 0.145. The Hall–Kier alpha value is -3.34. The lowest BCUT2D eigenvalue weighted by atomic mass is 10.2. The number of imidazole rings is 1. The molecule has 0 aliphatic carbocycles. The lowest BCUT2D eigenvalue weighted by Gasteiger charge is -2.21. The van der Waals surface area contributed by atoms with E-state index in [1.54, 1.807) is 17.2 Å². The van der Waals surface area contributed by atoms with E-state index in [1.165, 1.54) is 0 Å². The number of furan rings is 1. The third kappa shape index (κ3) is 3.24. The molecule has 2 aromatic carbocycles. The van der Waals surface area contributed by atoms with Gasteiger partial charge in [0.2, 0.25) is 0 Å². The van der Waals surface area contributed by atoms with Crippen LogP contribution in [0.15, 0.2) is 77.5 Å². The monoisotopic (exact) mass is 345 g/mol. The van der Waals surface area contributed by atoms with Crippen molar-refractivity contribution in [2.45, 2.75) is 13.1 Å². The lowest BCUT2D eigenvalue weighted by molar-refractivity contribution is 0.0694. The summed E-state index contributed by atoms with van der Waals surface area (Å²) in [6, 6.07) is 19.4. The number of para-hydroxylation sites is 1. The predicted octanol–water partition coefficient (Wildman–Crippen LogP) is 4.01. The van der Waals surface area contributed by atoms with Crippen LogP contribution in [0, 0.1) is 0 Å². The van der Waals surface area contributed by atoms with Gasteiger partial charge in [-0.05, 0) is 17.7 Å². The number of amides is 1. The summed E-state index contributed by atoms with van der Waals surface area (Å²) in [7, 11) is 1.93. The fraction of sp³-hybridized carbons (Fsp3) is 0.143. The number of carbonyl (C=O) groups is 1. The SMILES string of the molecule is Cn1ccnc1CN(Cc1ccccc1)C(=O)c1cc2ccccc2o1. The van der Waals surface area contributed by atoms with Crippen molar-refractivity contribution in [3.05, 3.63) is 90.2 Å². The summed E-state index contributed by atoms with van der Waals surface area (Å²) in [4.78, 5) is 19.3. The van der Waals surface area contributed by atoms with E-state index >= 15 is 0 Å². The van der Waals surface area contributed by atoms with Gasteiger partial charge in [-0.2, -0.15) is 0 Å². The van der Waals surface area contributed by atoms with Crippen LogP contribution in [0.4, 0.5) is 0 Å². The normalized spacial score (nSPS) is 11.0. The molecule has 0 saturated heterocycles. The minimum atomic E-state index is -0.145. The Bertz CT molecular complexity index is 1000. The highest BCUT2D eigenvalue weighted by Gasteiger charge is 2.21. The van der Waals surface area contributed by atoms with Crippen molar-refractivity contribution in [3.8, 4) is 0 Å². The summed E-state index contributed by atoms with van der Waals surface area (Å²) in [5.41, 5.74) is 1.78. The highest BCUT2D eigenvalue weighted by atomic mass is 16.3. The van der Waals surface area contributed by atoms with Crippen LogP contribution in [0.5, 0.6) is 0 Å². The van der Waals surface area contributed by atoms with Crippen molar-refractivity contribution in [2.24, 2.45) is 7.05 Å². The van der Waals surface area contributed by atoms with Crippen LogP contribution in [0.1, 0.15) is 21.9 Å². The molecule has 4 rings (SSSR count). The van der Waals surface area contributed by atoms with Crippen molar-refractivity contribution in [1.29, 1.82) is 0 Å². The quantitative estimate of drug-likeness (QED) is 0.549. The maximum atomic E-state index is 13.2. The zero-order chi connectivity index (χ0) is 17.9. The van der Waals surface area contributed by atoms with Crippen molar-refractivity contribution in [3.63, 3.8) is 0 Å². The van der Waals surface area contributed by atoms with E-state index in [-0.39, 0.29) is 5.91 Å². The average molecular weight is 345 g/mol. The van der Waals surface area contributed by atoms with Gasteiger partial charge in [-0.15, -0.1) is 0 Å². The maximum Gasteiger partial charge on any atom is 0.290 e. The second kappa shape index (κ2) is 6.88. The molecule has 0 aliphatic heterocycles. The van der Waals surface area contributed by atoms with Crippen LogP contribution >= 0.6 is 0 Å². The van der Waals surface area contributed by atoms with Gasteiger partial charge < -0.3 is 13.9 Å². The van der Waals surface area contributed by atoms with Gasteiger partial charge in [0.05, 0.1) is 6.54 Å². The number of aromatic nitrogens is 2. The number of rotatable bonds is 5. The molecule has 0 fully saturated rings. The first-order valence-electron chi connectivity index (χ1n) is 8.49. The first-order valence-corrected chi connectivity index (χ1v) is 8.49. The molecule has 130 valence electrons. The zero-order valence-corrected chi connectivity index (χ0v) is 14.5. The van der Waals surface area contributed by atoms with Crippen LogP contribution in [0.3, 0.4) is 0 Å². The molecule has 0 aliphatic rings. The van der Waals surface area contributed by atoms with Crippen LogP contribution in [-0.2, 0) is 20.1 Å². The van der Waals surface area contributed by atoms with Gasteiger partial charge in [-0.3, -0.25) is 4.79 Å². The molecule has 0 radical (unpaired) electrons. The Morgan fingerprint density at radius 2 is 1.85 bits per heavy atom. The second-order valence-corrected chi connectivity index (χ2v) is 6.25. The fourth-order valence-corrected chi connectivity index (χ4v) is 2.97. The number of hydrogen-bond acceptors (Lipinski definition) is 3. The van der Waals surface area contributed by atoms with Crippen molar-refractivity contribution in [1.82, 2.24) is 14.5 Å². The number of fused-ring (bicyclic) bond motifs is 1. The number of hydrogen-bond donors (Lipinski definition) is 0. The van der Waals surface area contributed by atoms with E-state index in [1.807, 2.05) is 72.4 Å². The summed E-state index contributed by atoms with van der Waals surface area (Å²) in [5, 5.41) is 0.924. The molecular formula is C21H19N3O2. The molecule has 2 aromatic heterocycles. The molecular weight excluding hydrogens is 326 g/mol. The van der Waals surface area contributed by atoms with Gasteiger partial charge in [-0.25, -0.2) is 4.98 Å². The third-order valence-electron chi connectivity index (χ3n) is 4.39. The minimum Gasteiger partial charge on any atom is -0.451 e. The van der Waals surface area contributed by atoms with E-state index in [0.717, 1.165) is 16.8 Å². The largest absolute Gasteiger partial charge is 0.451 e.